The number of aromatic nitrogens is 5. The smallest absolute Gasteiger partial charge is 0.203 e. The van der Waals surface area contributed by atoms with Crippen LogP contribution in [-0.4, -0.2) is 30.8 Å². The van der Waals surface area contributed by atoms with Crippen LogP contribution in [-0.2, 0) is 0 Å². The van der Waals surface area contributed by atoms with E-state index in [1.165, 1.54) is 11.5 Å². The fourth-order valence-electron chi connectivity index (χ4n) is 0.942. The minimum absolute atomic E-state index is 0.355. The number of aromatic amines is 1. The van der Waals surface area contributed by atoms with Gasteiger partial charge in [0.1, 0.15) is 0 Å². The summed E-state index contributed by atoms with van der Waals surface area (Å²) >= 11 is 1.32. The number of hydrogen-bond donors (Lipinski definition) is 2. The summed E-state index contributed by atoms with van der Waals surface area (Å²) in [6, 6.07) is 0.355. The number of hydrogen-bond acceptors (Lipinski definition) is 6. The molecule has 0 spiro atoms. The van der Waals surface area contributed by atoms with Crippen molar-refractivity contribution < 1.29 is 0 Å². The molecule has 2 N–H and O–H groups in total. The van der Waals surface area contributed by atoms with Crippen LogP contribution in [0.1, 0.15) is 13.8 Å². The summed E-state index contributed by atoms with van der Waals surface area (Å²) in [5.41, 5.74) is 0.665. The molecular weight excluding hydrogens is 200 g/mol. The van der Waals surface area contributed by atoms with E-state index >= 15 is 0 Å². The van der Waals surface area contributed by atoms with Crippen LogP contribution in [0.2, 0.25) is 0 Å². The summed E-state index contributed by atoms with van der Waals surface area (Å²) < 4.78 is 4.16. The predicted octanol–water partition coefficient (Wildman–Crippen LogP) is 1.14. The molecular formula is C7H10N6S. The Morgan fingerprint density at radius 3 is 3.00 bits per heavy atom. The molecule has 0 atom stereocenters. The SMILES string of the molecule is CC(C)Nc1nc(-c2cn[nH]n2)ns1. The van der Waals surface area contributed by atoms with Crippen LogP contribution in [0.4, 0.5) is 5.13 Å². The van der Waals surface area contributed by atoms with Crippen molar-refractivity contribution in [2.24, 2.45) is 0 Å². The first-order valence-electron chi connectivity index (χ1n) is 4.22. The minimum Gasteiger partial charge on any atom is -0.358 e. The van der Waals surface area contributed by atoms with Gasteiger partial charge in [-0.25, -0.2) is 0 Å². The molecule has 0 saturated heterocycles. The Balaban J connectivity index is 2.18. The molecule has 2 aromatic heterocycles. The quantitative estimate of drug-likeness (QED) is 0.794. The third-order valence-electron chi connectivity index (χ3n) is 1.48. The monoisotopic (exact) mass is 210 g/mol. The zero-order chi connectivity index (χ0) is 9.97. The van der Waals surface area contributed by atoms with Crippen LogP contribution < -0.4 is 5.32 Å². The van der Waals surface area contributed by atoms with Crippen LogP contribution in [0, 0.1) is 0 Å². The molecule has 2 rings (SSSR count). The van der Waals surface area contributed by atoms with Gasteiger partial charge in [0.25, 0.3) is 0 Å². The average Bonchev–Trinajstić information content (AvgIpc) is 2.69. The van der Waals surface area contributed by atoms with Crippen molar-refractivity contribution in [3.63, 3.8) is 0 Å². The zero-order valence-electron chi connectivity index (χ0n) is 7.85. The Morgan fingerprint density at radius 1 is 1.50 bits per heavy atom. The van der Waals surface area contributed by atoms with Crippen molar-refractivity contribution in [1.29, 1.82) is 0 Å². The van der Waals surface area contributed by atoms with E-state index < -0.39 is 0 Å². The van der Waals surface area contributed by atoms with E-state index in [9.17, 15) is 0 Å². The van der Waals surface area contributed by atoms with Crippen LogP contribution in [0.15, 0.2) is 6.20 Å². The van der Waals surface area contributed by atoms with Crippen LogP contribution in [0.25, 0.3) is 11.5 Å². The lowest BCUT2D eigenvalue weighted by Gasteiger charge is -2.03. The van der Waals surface area contributed by atoms with E-state index in [0.717, 1.165) is 5.13 Å². The summed E-state index contributed by atoms with van der Waals surface area (Å²) in [6.07, 6.45) is 1.60. The first kappa shape index (κ1) is 9.07. The molecule has 2 heterocycles. The molecule has 14 heavy (non-hydrogen) atoms. The largest absolute Gasteiger partial charge is 0.358 e. The first-order chi connectivity index (χ1) is 6.75. The van der Waals surface area contributed by atoms with Crippen LogP contribution >= 0.6 is 11.5 Å². The molecule has 2 aromatic rings. The van der Waals surface area contributed by atoms with E-state index in [2.05, 4.69) is 43.9 Å². The number of nitrogens with one attached hydrogen (secondary N) is 2. The van der Waals surface area contributed by atoms with E-state index in [0.29, 0.717) is 17.6 Å². The van der Waals surface area contributed by atoms with Gasteiger partial charge in [0.15, 0.2) is 11.5 Å². The normalized spacial score (nSPS) is 10.8. The molecule has 7 heteroatoms. The number of H-pyrrole nitrogens is 1. The highest BCUT2D eigenvalue weighted by Gasteiger charge is 2.08. The van der Waals surface area contributed by atoms with Gasteiger partial charge in [-0.05, 0) is 13.8 Å². The zero-order valence-corrected chi connectivity index (χ0v) is 8.67. The van der Waals surface area contributed by atoms with Gasteiger partial charge < -0.3 is 5.32 Å². The number of rotatable bonds is 3. The van der Waals surface area contributed by atoms with Gasteiger partial charge in [-0.15, -0.1) is 0 Å². The van der Waals surface area contributed by atoms with Crippen molar-refractivity contribution in [2.75, 3.05) is 5.32 Å². The molecule has 0 unspecified atom stereocenters. The van der Waals surface area contributed by atoms with E-state index in [1.807, 2.05) is 0 Å². The second kappa shape index (κ2) is 3.70. The highest BCUT2D eigenvalue weighted by Crippen LogP contribution is 2.18. The maximum Gasteiger partial charge on any atom is 0.203 e. The maximum atomic E-state index is 4.27. The molecule has 0 amide bonds. The summed E-state index contributed by atoms with van der Waals surface area (Å²) in [6.45, 7) is 4.11. The second-order valence-corrected chi connectivity index (χ2v) is 3.83. The standard InChI is InChI=1S/C7H10N6S/c1-4(2)9-7-10-6(12-14-7)5-3-8-13-11-5/h3-4H,1-2H3,(H,8,11,13)(H,9,10,12). The molecule has 6 nitrogen and oxygen atoms in total. The minimum atomic E-state index is 0.355. The number of nitrogens with zero attached hydrogens (tertiary/aromatic N) is 4. The van der Waals surface area contributed by atoms with Gasteiger partial charge in [-0.3, -0.25) is 0 Å². The van der Waals surface area contributed by atoms with E-state index in [4.69, 9.17) is 0 Å². The summed E-state index contributed by atoms with van der Waals surface area (Å²) in [5, 5.41) is 14.1. The van der Waals surface area contributed by atoms with Gasteiger partial charge in [0.05, 0.1) is 6.20 Å². The molecule has 0 aliphatic rings. The lowest BCUT2D eigenvalue weighted by Crippen LogP contribution is -2.08. The molecule has 0 bridgehead atoms. The number of anilines is 1. The highest BCUT2D eigenvalue weighted by molar-refractivity contribution is 7.09. The lowest BCUT2D eigenvalue weighted by atomic mass is 10.4. The molecule has 0 saturated carbocycles. The summed E-state index contributed by atoms with van der Waals surface area (Å²) in [4.78, 5) is 4.27. The second-order valence-electron chi connectivity index (χ2n) is 3.08. The topological polar surface area (TPSA) is 79.4 Å². The van der Waals surface area contributed by atoms with Gasteiger partial charge in [-0.1, -0.05) is 0 Å². The van der Waals surface area contributed by atoms with Crippen molar-refractivity contribution in [2.45, 2.75) is 19.9 Å². The Labute approximate surface area is 84.9 Å². The first-order valence-corrected chi connectivity index (χ1v) is 4.99. The van der Waals surface area contributed by atoms with E-state index in [-0.39, 0.29) is 0 Å². The molecule has 0 aliphatic carbocycles. The maximum absolute atomic E-state index is 4.27. The summed E-state index contributed by atoms with van der Waals surface area (Å²) in [7, 11) is 0. The fourth-order valence-corrected chi connectivity index (χ4v) is 1.67. The Kier molecular flexibility index (Phi) is 2.40. The van der Waals surface area contributed by atoms with Crippen molar-refractivity contribution in [3.8, 4) is 11.5 Å². The van der Waals surface area contributed by atoms with Crippen LogP contribution in [0.3, 0.4) is 0 Å². The average molecular weight is 210 g/mol. The van der Waals surface area contributed by atoms with E-state index in [1.54, 1.807) is 6.20 Å². The van der Waals surface area contributed by atoms with Crippen molar-refractivity contribution >= 4 is 16.7 Å². The Bertz CT molecular complexity index is 392. The van der Waals surface area contributed by atoms with Gasteiger partial charge >= 0.3 is 0 Å². The molecule has 74 valence electrons. The fraction of sp³-hybridized carbons (Fsp3) is 0.429. The summed E-state index contributed by atoms with van der Waals surface area (Å²) in [5.74, 6) is 0.604. The third kappa shape index (κ3) is 1.87. The lowest BCUT2D eigenvalue weighted by molar-refractivity contribution is 0.896. The van der Waals surface area contributed by atoms with Gasteiger partial charge in [0.2, 0.25) is 5.13 Å². The third-order valence-corrected chi connectivity index (χ3v) is 2.13. The highest BCUT2D eigenvalue weighted by atomic mass is 32.1. The van der Waals surface area contributed by atoms with Crippen molar-refractivity contribution in [1.82, 2.24) is 24.8 Å². The van der Waals surface area contributed by atoms with Gasteiger partial charge in [0, 0.05) is 17.6 Å². The molecule has 0 radical (unpaired) electrons. The Morgan fingerprint density at radius 2 is 2.36 bits per heavy atom. The molecule has 0 aromatic carbocycles. The Hall–Kier alpha value is -1.50. The van der Waals surface area contributed by atoms with Crippen molar-refractivity contribution in [3.05, 3.63) is 6.20 Å². The van der Waals surface area contributed by atoms with Gasteiger partial charge in [-0.2, -0.15) is 24.8 Å². The van der Waals surface area contributed by atoms with Crippen LogP contribution in [0.5, 0.6) is 0 Å². The predicted molar refractivity (Wildman–Crippen MR) is 54.0 cm³/mol. The molecule has 0 aliphatic heterocycles. The molecule has 0 fully saturated rings.